The molecule has 3 N–H and O–H groups in total. The minimum Gasteiger partial charge on any atom is -0.389 e. The molecule has 0 fully saturated rings. The molecule has 3 heteroatoms. The van der Waals surface area contributed by atoms with Gasteiger partial charge in [-0.05, 0) is 25.5 Å². The maximum absolute atomic E-state index is 9.66. The van der Waals surface area contributed by atoms with Crippen molar-refractivity contribution >= 4 is 11.8 Å². The highest BCUT2D eigenvalue weighted by Crippen LogP contribution is 2.20. The van der Waals surface area contributed by atoms with Crippen LogP contribution in [-0.4, -0.2) is 23.0 Å². The van der Waals surface area contributed by atoms with E-state index in [2.05, 4.69) is 12.1 Å². The molecule has 0 aliphatic rings. The summed E-state index contributed by atoms with van der Waals surface area (Å²) in [5.41, 5.74) is 4.71. The molecule has 14 heavy (non-hydrogen) atoms. The second-order valence-corrected chi connectivity index (χ2v) is 4.78. The summed E-state index contributed by atoms with van der Waals surface area (Å²) in [6.07, 6.45) is 0.725. The number of nitrogens with two attached hydrogens (primary N) is 1. The summed E-state index contributed by atoms with van der Waals surface area (Å²) in [6.45, 7) is 2.10. The van der Waals surface area contributed by atoms with Gasteiger partial charge in [-0.3, -0.25) is 0 Å². The fraction of sp³-hybridized carbons (Fsp3) is 0.455. The van der Waals surface area contributed by atoms with Gasteiger partial charge in [0.15, 0.2) is 0 Å². The molecule has 0 saturated carbocycles. The standard InChI is InChI=1S/C11H17NOS/c1-11(13,9-12)7-8-14-10-5-3-2-4-6-10/h2-6,13H,7-9,12H2,1H3. The van der Waals surface area contributed by atoms with E-state index in [0.717, 1.165) is 12.2 Å². The second-order valence-electron chi connectivity index (χ2n) is 3.61. The number of hydrogen-bond acceptors (Lipinski definition) is 3. The molecular weight excluding hydrogens is 194 g/mol. The Bertz CT molecular complexity index is 261. The average Bonchev–Trinajstić information content (AvgIpc) is 2.19. The molecule has 1 unspecified atom stereocenters. The van der Waals surface area contributed by atoms with E-state index in [4.69, 9.17) is 5.73 Å². The summed E-state index contributed by atoms with van der Waals surface area (Å²) in [4.78, 5) is 1.24. The van der Waals surface area contributed by atoms with Crippen molar-refractivity contribution in [3.05, 3.63) is 30.3 Å². The highest BCUT2D eigenvalue weighted by atomic mass is 32.2. The van der Waals surface area contributed by atoms with Crippen LogP contribution < -0.4 is 5.73 Å². The third kappa shape index (κ3) is 4.13. The van der Waals surface area contributed by atoms with Crippen molar-refractivity contribution in [3.8, 4) is 0 Å². The minimum absolute atomic E-state index is 0.322. The first-order chi connectivity index (χ1) is 6.64. The van der Waals surface area contributed by atoms with Crippen molar-refractivity contribution in [2.75, 3.05) is 12.3 Å². The van der Waals surface area contributed by atoms with E-state index in [9.17, 15) is 5.11 Å². The fourth-order valence-electron chi connectivity index (χ4n) is 1.01. The lowest BCUT2D eigenvalue weighted by molar-refractivity contribution is 0.0665. The number of benzene rings is 1. The van der Waals surface area contributed by atoms with Gasteiger partial charge < -0.3 is 10.8 Å². The van der Waals surface area contributed by atoms with E-state index in [-0.39, 0.29) is 0 Å². The Morgan fingerprint density at radius 1 is 1.36 bits per heavy atom. The summed E-state index contributed by atoms with van der Waals surface area (Å²) >= 11 is 1.75. The monoisotopic (exact) mass is 211 g/mol. The molecular formula is C11H17NOS. The third-order valence-electron chi connectivity index (χ3n) is 2.09. The molecule has 2 nitrogen and oxygen atoms in total. The molecule has 0 bridgehead atoms. The van der Waals surface area contributed by atoms with Crippen molar-refractivity contribution in [1.82, 2.24) is 0 Å². The van der Waals surface area contributed by atoms with Crippen molar-refractivity contribution < 1.29 is 5.11 Å². The lowest BCUT2D eigenvalue weighted by atomic mass is 10.1. The normalized spacial score (nSPS) is 15.1. The van der Waals surface area contributed by atoms with Gasteiger partial charge in [-0.2, -0.15) is 0 Å². The van der Waals surface area contributed by atoms with Gasteiger partial charge in [0.25, 0.3) is 0 Å². The second kappa shape index (κ2) is 5.39. The van der Waals surface area contributed by atoms with Crippen LogP contribution >= 0.6 is 11.8 Å². The third-order valence-corrected chi connectivity index (χ3v) is 3.11. The Kier molecular flexibility index (Phi) is 4.45. The molecule has 1 aromatic rings. The highest BCUT2D eigenvalue weighted by molar-refractivity contribution is 7.99. The van der Waals surface area contributed by atoms with Gasteiger partial charge >= 0.3 is 0 Å². The number of thioether (sulfide) groups is 1. The predicted octanol–water partition coefficient (Wildman–Crippen LogP) is 1.88. The summed E-state index contributed by atoms with van der Waals surface area (Å²) in [5, 5.41) is 9.66. The predicted molar refractivity (Wildman–Crippen MR) is 61.5 cm³/mol. The zero-order valence-corrected chi connectivity index (χ0v) is 9.26. The largest absolute Gasteiger partial charge is 0.389 e. The Morgan fingerprint density at radius 3 is 2.57 bits per heavy atom. The highest BCUT2D eigenvalue weighted by Gasteiger charge is 2.16. The van der Waals surface area contributed by atoms with Crippen LogP contribution in [0.5, 0.6) is 0 Å². The van der Waals surface area contributed by atoms with Crippen molar-refractivity contribution in [1.29, 1.82) is 0 Å². The number of hydrogen-bond donors (Lipinski definition) is 2. The lowest BCUT2D eigenvalue weighted by Crippen LogP contribution is -2.34. The van der Waals surface area contributed by atoms with E-state index in [1.165, 1.54) is 4.90 Å². The average molecular weight is 211 g/mol. The number of aliphatic hydroxyl groups is 1. The van der Waals surface area contributed by atoms with Crippen LogP contribution in [0, 0.1) is 0 Å². The molecule has 0 amide bonds. The molecule has 0 aliphatic carbocycles. The smallest absolute Gasteiger partial charge is 0.0749 e. The lowest BCUT2D eigenvalue weighted by Gasteiger charge is -2.20. The Labute approximate surface area is 89.5 Å². The Balaban J connectivity index is 2.29. The number of rotatable bonds is 5. The van der Waals surface area contributed by atoms with Crippen LogP contribution in [0.1, 0.15) is 13.3 Å². The fourth-order valence-corrected chi connectivity index (χ4v) is 2.13. The molecule has 1 atom stereocenters. The summed E-state index contributed by atoms with van der Waals surface area (Å²) in [5.74, 6) is 0.897. The first-order valence-corrected chi connectivity index (χ1v) is 5.73. The molecule has 1 rings (SSSR count). The Morgan fingerprint density at radius 2 is 2.00 bits per heavy atom. The first-order valence-electron chi connectivity index (χ1n) is 4.74. The molecule has 1 aromatic carbocycles. The van der Waals surface area contributed by atoms with Gasteiger partial charge in [0.05, 0.1) is 5.60 Å². The molecule has 0 saturated heterocycles. The van der Waals surface area contributed by atoms with Gasteiger partial charge in [-0.15, -0.1) is 11.8 Å². The van der Waals surface area contributed by atoms with Crippen molar-refractivity contribution in [3.63, 3.8) is 0 Å². The van der Waals surface area contributed by atoms with E-state index in [1.54, 1.807) is 18.7 Å². The molecule has 0 heterocycles. The zero-order valence-electron chi connectivity index (χ0n) is 8.44. The van der Waals surface area contributed by atoms with Gasteiger partial charge in [0.1, 0.15) is 0 Å². The maximum atomic E-state index is 9.66. The van der Waals surface area contributed by atoms with Gasteiger partial charge in [-0.25, -0.2) is 0 Å². The van der Waals surface area contributed by atoms with Crippen LogP contribution in [0.3, 0.4) is 0 Å². The summed E-state index contributed by atoms with van der Waals surface area (Å²) < 4.78 is 0. The maximum Gasteiger partial charge on any atom is 0.0749 e. The van der Waals surface area contributed by atoms with Crippen LogP contribution in [0.2, 0.25) is 0 Å². The van der Waals surface area contributed by atoms with E-state index < -0.39 is 5.60 Å². The van der Waals surface area contributed by atoms with Gasteiger partial charge in [0, 0.05) is 17.2 Å². The zero-order chi connectivity index (χ0) is 10.4. The van der Waals surface area contributed by atoms with Gasteiger partial charge in [0.2, 0.25) is 0 Å². The van der Waals surface area contributed by atoms with Crippen LogP contribution in [0.25, 0.3) is 0 Å². The minimum atomic E-state index is -0.720. The Hall–Kier alpha value is -0.510. The van der Waals surface area contributed by atoms with Crippen molar-refractivity contribution in [2.45, 2.75) is 23.8 Å². The SMILES string of the molecule is CC(O)(CN)CCSc1ccccc1. The van der Waals surface area contributed by atoms with Crippen LogP contribution in [-0.2, 0) is 0 Å². The topological polar surface area (TPSA) is 46.2 Å². The van der Waals surface area contributed by atoms with E-state index >= 15 is 0 Å². The van der Waals surface area contributed by atoms with Crippen LogP contribution in [0.4, 0.5) is 0 Å². The molecule has 0 aromatic heterocycles. The molecule has 0 radical (unpaired) electrons. The van der Waals surface area contributed by atoms with Crippen molar-refractivity contribution in [2.24, 2.45) is 5.73 Å². The molecule has 78 valence electrons. The van der Waals surface area contributed by atoms with E-state index in [1.807, 2.05) is 18.2 Å². The molecule has 0 aliphatic heterocycles. The van der Waals surface area contributed by atoms with E-state index in [0.29, 0.717) is 6.54 Å². The quantitative estimate of drug-likeness (QED) is 0.731. The first kappa shape index (κ1) is 11.6. The molecule has 0 spiro atoms. The van der Waals surface area contributed by atoms with Crippen LogP contribution in [0.15, 0.2) is 35.2 Å². The summed E-state index contributed by atoms with van der Waals surface area (Å²) in [6, 6.07) is 10.2. The van der Waals surface area contributed by atoms with Gasteiger partial charge in [-0.1, -0.05) is 18.2 Å². The summed E-state index contributed by atoms with van der Waals surface area (Å²) in [7, 11) is 0.